The van der Waals surface area contributed by atoms with Crippen LogP contribution in [0.4, 0.5) is 10.9 Å². The van der Waals surface area contributed by atoms with Gasteiger partial charge in [0.05, 0.1) is 16.1 Å². The highest BCUT2D eigenvalue weighted by Gasteiger charge is 2.24. The lowest BCUT2D eigenvalue weighted by atomic mass is 9.95. The topological polar surface area (TPSA) is 71.0 Å². The summed E-state index contributed by atoms with van der Waals surface area (Å²) in [5.41, 5.74) is 4.35. The summed E-state index contributed by atoms with van der Waals surface area (Å²) in [6, 6.07) is 16.2. The Morgan fingerprint density at radius 1 is 1.03 bits per heavy atom. The van der Waals surface area contributed by atoms with E-state index < -0.39 is 0 Å². The Morgan fingerprint density at radius 2 is 1.86 bits per heavy atom. The lowest BCUT2D eigenvalue weighted by Gasteiger charge is -2.23. The molecule has 5 rings (SSSR count). The van der Waals surface area contributed by atoms with Gasteiger partial charge in [-0.05, 0) is 55.7 Å². The average molecular weight is 518 g/mol. The molecule has 6 nitrogen and oxygen atoms in total. The summed E-state index contributed by atoms with van der Waals surface area (Å²) >= 11 is 7.68. The number of rotatable bonds is 6. The van der Waals surface area contributed by atoms with Crippen LogP contribution in [0.1, 0.15) is 48.0 Å². The van der Waals surface area contributed by atoms with Crippen LogP contribution in [0, 0.1) is 6.92 Å². The lowest BCUT2D eigenvalue weighted by molar-refractivity contribution is 0.0993. The second kappa shape index (κ2) is 10.8. The summed E-state index contributed by atoms with van der Waals surface area (Å²) in [6.07, 6.45) is 9.58. The molecule has 0 bridgehead atoms. The van der Waals surface area contributed by atoms with Gasteiger partial charge >= 0.3 is 0 Å². The molecule has 1 aromatic carbocycles. The molecule has 1 aliphatic rings. The summed E-state index contributed by atoms with van der Waals surface area (Å²) in [6.45, 7) is 2.06. The summed E-state index contributed by atoms with van der Waals surface area (Å²) < 4.78 is 0. The highest BCUT2D eigenvalue weighted by atomic mass is 35.5. The van der Waals surface area contributed by atoms with E-state index in [0.29, 0.717) is 16.7 Å². The summed E-state index contributed by atoms with van der Waals surface area (Å²) in [4.78, 5) is 29.3. The molecule has 0 aliphatic heterocycles. The Bertz CT molecular complexity index is 1380. The van der Waals surface area contributed by atoms with Gasteiger partial charge in [-0.2, -0.15) is 0 Å². The molecular weight excluding hydrogens is 490 g/mol. The molecule has 4 aromatic rings. The fourth-order valence-corrected chi connectivity index (χ4v) is 5.80. The number of hydrogen-bond donors (Lipinski definition) is 1. The van der Waals surface area contributed by atoms with Gasteiger partial charge in [0.15, 0.2) is 5.13 Å². The predicted molar refractivity (Wildman–Crippen MR) is 148 cm³/mol. The Labute approximate surface area is 220 Å². The van der Waals surface area contributed by atoms with Crippen LogP contribution in [-0.2, 0) is 0 Å². The second-order valence-corrected chi connectivity index (χ2v) is 10.5. The Balaban J connectivity index is 1.53. The van der Waals surface area contributed by atoms with Crippen molar-refractivity contribution in [3.05, 3.63) is 77.2 Å². The molecule has 0 saturated heterocycles. The first-order valence-corrected chi connectivity index (χ1v) is 13.4. The first-order chi connectivity index (χ1) is 17.5. The van der Waals surface area contributed by atoms with Crippen molar-refractivity contribution in [3.63, 3.8) is 0 Å². The van der Waals surface area contributed by atoms with E-state index in [-0.39, 0.29) is 11.1 Å². The molecule has 8 heteroatoms. The number of carbonyl (C=O) groups excluding carboxylic acids is 1. The molecule has 1 fully saturated rings. The number of anilines is 2. The molecule has 3 aromatic heterocycles. The number of carbonyl (C=O) groups is 1. The van der Waals surface area contributed by atoms with Crippen molar-refractivity contribution in [2.24, 2.45) is 0 Å². The van der Waals surface area contributed by atoms with Gasteiger partial charge in [-0.15, -0.1) is 0 Å². The van der Waals surface area contributed by atoms with E-state index in [2.05, 4.69) is 46.5 Å². The van der Waals surface area contributed by atoms with Crippen LogP contribution in [0.5, 0.6) is 0 Å². The third kappa shape index (κ3) is 5.27. The Hall–Kier alpha value is -3.29. The molecular formula is C28H28ClN5OS. The van der Waals surface area contributed by atoms with Gasteiger partial charge in [-0.25, -0.2) is 15.0 Å². The van der Waals surface area contributed by atoms with Crippen LogP contribution in [0.3, 0.4) is 0 Å². The number of aromatic nitrogens is 3. The molecule has 1 saturated carbocycles. The first-order valence-electron chi connectivity index (χ1n) is 12.2. The maximum Gasteiger partial charge on any atom is 0.262 e. The molecule has 0 atom stereocenters. The van der Waals surface area contributed by atoms with Gasteiger partial charge in [0.2, 0.25) is 0 Å². The number of hydrogen-bond acceptors (Lipinski definition) is 6. The van der Waals surface area contributed by atoms with Crippen molar-refractivity contribution in [3.8, 4) is 21.7 Å². The molecule has 3 heterocycles. The summed E-state index contributed by atoms with van der Waals surface area (Å²) in [5.74, 6) is 0.620. The number of amides is 1. The second-order valence-electron chi connectivity index (χ2n) is 9.16. The number of thiazole rings is 1. The van der Waals surface area contributed by atoms with E-state index in [1.165, 1.54) is 43.4 Å². The van der Waals surface area contributed by atoms with E-state index in [9.17, 15) is 4.79 Å². The van der Waals surface area contributed by atoms with Gasteiger partial charge < -0.3 is 5.32 Å². The zero-order valence-electron chi connectivity index (χ0n) is 20.4. The van der Waals surface area contributed by atoms with Crippen LogP contribution in [0.15, 0.2) is 60.9 Å². The van der Waals surface area contributed by atoms with Gasteiger partial charge in [0.25, 0.3) is 5.91 Å². The summed E-state index contributed by atoms with van der Waals surface area (Å²) in [5, 5.41) is 4.39. The average Bonchev–Trinajstić information content (AvgIpc) is 3.35. The van der Waals surface area contributed by atoms with E-state index in [1.807, 2.05) is 18.3 Å². The molecule has 0 radical (unpaired) electrons. The highest BCUT2D eigenvalue weighted by Crippen LogP contribution is 2.41. The smallest absolute Gasteiger partial charge is 0.262 e. The zero-order valence-corrected chi connectivity index (χ0v) is 21.9. The maximum absolute atomic E-state index is 13.2. The third-order valence-corrected chi connectivity index (χ3v) is 7.95. The standard InChI is InChI=1S/C28H28ClN5OS/c1-18-8-6-9-19(16-18)24-25(20-13-15-30-23(17-20)32-21-10-4-3-5-11-21)36-28(33-24)34(2)27(35)22-12-7-14-31-26(22)29/h6-9,12-17,21H,3-5,10-11H2,1-2H3,(H,30,32). The molecule has 1 aliphatic carbocycles. The van der Waals surface area contributed by atoms with Crippen LogP contribution >= 0.6 is 22.9 Å². The van der Waals surface area contributed by atoms with Gasteiger partial charge in [-0.1, -0.05) is 66.0 Å². The SMILES string of the molecule is Cc1cccc(-c2nc(N(C)C(=O)c3cccnc3Cl)sc2-c2ccnc(NC3CCCCC3)c2)c1. The summed E-state index contributed by atoms with van der Waals surface area (Å²) in [7, 11) is 1.72. The van der Waals surface area contributed by atoms with Crippen molar-refractivity contribution >= 4 is 39.8 Å². The highest BCUT2D eigenvalue weighted by molar-refractivity contribution is 7.19. The number of nitrogens with one attached hydrogen (secondary N) is 1. The Kier molecular flexibility index (Phi) is 7.30. The van der Waals surface area contributed by atoms with Crippen molar-refractivity contribution < 1.29 is 4.79 Å². The van der Waals surface area contributed by atoms with Crippen molar-refractivity contribution in [2.75, 3.05) is 17.3 Å². The molecule has 0 spiro atoms. The van der Waals surface area contributed by atoms with Crippen LogP contribution in [0.25, 0.3) is 21.7 Å². The zero-order chi connectivity index (χ0) is 25.1. The lowest BCUT2D eigenvalue weighted by Crippen LogP contribution is -2.26. The monoisotopic (exact) mass is 517 g/mol. The third-order valence-electron chi connectivity index (χ3n) is 6.47. The number of pyridine rings is 2. The van der Waals surface area contributed by atoms with Crippen LogP contribution < -0.4 is 10.2 Å². The fraction of sp³-hybridized carbons (Fsp3) is 0.286. The van der Waals surface area contributed by atoms with Gasteiger partial charge in [-0.3, -0.25) is 9.69 Å². The number of benzene rings is 1. The number of nitrogens with zero attached hydrogens (tertiary/aromatic N) is 4. The maximum atomic E-state index is 13.2. The van der Waals surface area contributed by atoms with Crippen molar-refractivity contribution in [1.82, 2.24) is 15.0 Å². The molecule has 1 amide bonds. The minimum atomic E-state index is -0.251. The van der Waals surface area contributed by atoms with E-state index in [0.717, 1.165) is 33.1 Å². The fourth-order valence-electron chi connectivity index (χ4n) is 4.56. The van der Waals surface area contributed by atoms with E-state index in [1.54, 1.807) is 30.3 Å². The van der Waals surface area contributed by atoms with E-state index >= 15 is 0 Å². The van der Waals surface area contributed by atoms with Crippen molar-refractivity contribution in [2.45, 2.75) is 45.1 Å². The minimum absolute atomic E-state index is 0.178. The van der Waals surface area contributed by atoms with Gasteiger partial charge in [0.1, 0.15) is 11.0 Å². The normalized spacial score (nSPS) is 14.0. The van der Waals surface area contributed by atoms with Gasteiger partial charge in [0, 0.05) is 31.0 Å². The largest absolute Gasteiger partial charge is 0.367 e. The first kappa shape index (κ1) is 24.4. The van der Waals surface area contributed by atoms with Crippen molar-refractivity contribution in [1.29, 1.82) is 0 Å². The molecule has 1 N–H and O–H groups in total. The molecule has 36 heavy (non-hydrogen) atoms. The van der Waals surface area contributed by atoms with E-state index in [4.69, 9.17) is 16.6 Å². The van der Waals surface area contributed by atoms with Crippen LogP contribution in [0.2, 0.25) is 5.15 Å². The Morgan fingerprint density at radius 3 is 2.64 bits per heavy atom. The minimum Gasteiger partial charge on any atom is -0.367 e. The quantitative estimate of drug-likeness (QED) is 0.273. The predicted octanol–water partition coefficient (Wildman–Crippen LogP) is 7.25. The molecule has 184 valence electrons. The van der Waals surface area contributed by atoms with Crippen LogP contribution in [-0.4, -0.2) is 33.9 Å². The number of aryl methyl sites for hydroxylation is 1. The molecule has 0 unspecified atom stereocenters. The number of halogens is 1.